The van der Waals surface area contributed by atoms with Gasteiger partial charge in [0, 0.05) is 13.3 Å². The standard InChI is InChI=1S/C10H20O2.C8H16O2/c1-3-4-5-6-7-8-9-12-10(2)11;1-8(2,3)6-5-7(9)10-4/h3-9H2,1-2H3;5-6H2,1-4H3. The average molecular weight is 316 g/mol. The van der Waals surface area contributed by atoms with Crippen LogP contribution < -0.4 is 0 Å². The lowest BCUT2D eigenvalue weighted by atomic mass is 9.91. The second-order valence-corrected chi connectivity index (χ2v) is 6.74. The van der Waals surface area contributed by atoms with E-state index in [0.717, 1.165) is 12.8 Å². The summed E-state index contributed by atoms with van der Waals surface area (Å²) in [6.45, 7) is 10.6. The first-order valence-electron chi connectivity index (χ1n) is 8.43. The molecule has 4 heteroatoms. The van der Waals surface area contributed by atoms with Gasteiger partial charge in [0.15, 0.2) is 0 Å². The Kier molecular flexibility index (Phi) is 15.7. The fraction of sp³-hybridized carbons (Fsp3) is 0.889. The predicted molar refractivity (Wildman–Crippen MR) is 90.7 cm³/mol. The Bertz CT molecular complexity index is 279. The summed E-state index contributed by atoms with van der Waals surface area (Å²) in [5, 5.41) is 0. The van der Waals surface area contributed by atoms with Crippen LogP contribution in [-0.2, 0) is 19.1 Å². The lowest BCUT2D eigenvalue weighted by Gasteiger charge is -2.16. The number of carbonyl (C=O) groups is 2. The average Bonchev–Trinajstić information content (AvgIpc) is 2.43. The summed E-state index contributed by atoms with van der Waals surface area (Å²) in [5.41, 5.74) is 0.230. The van der Waals surface area contributed by atoms with Crippen LogP contribution in [0, 0.1) is 5.41 Å². The minimum atomic E-state index is -0.163. The van der Waals surface area contributed by atoms with Crippen molar-refractivity contribution in [2.75, 3.05) is 13.7 Å². The zero-order valence-electron chi connectivity index (χ0n) is 15.5. The van der Waals surface area contributed by atoms with Gasteiger partial charge >= 0.3 is 11.9 Å². The zero-order valence-corrected chi connectivity index (χ0v) is 15.5. The van der Waals surface area contributed by atoms with Crippen molar-refractivity contribution in [3.05, 3.63) is 0 Å². The Morgan fingerprint density at radius 3 is 1.95 bits per heavy atom. The molecule has 0 aromatic carbocycles. The molecule has 0 aromatic rings. The van der Waals surface area contributed by atoms with Crippen LogP contribution in [0.3, 0.4) is 0 Å². The maximum Gasteiger partial charge on any atom is 0.305 e. The first kappa shape index (κ1) is 23.2. The van der Waals surface area contributed by atoms with E-state index in [4.69, 9.17) is 4.74 Å². The largest absolute Gasteiger partial charge is 0.469 e. The minimum Gasteiger partial charge on any atom is -0.469 e. The summed E-state index contributed by atoms with van der Waals surface area (Å²) < 4.78 is 9.32. The van der Waals surface area contributed by atoms with Gasteiger partial charge in [0.2, 0.25) is 0 Å². The van der Waals surface area contributed by atoms with E-state index < -0.39 is 0 Å². The molecule has 4 nitrogen and oxygen atoms in total. The van der Waals surface area contributed by atoms with Crippen molar-refractivity contribution in [3.63, 3.8) is 0 Å². The normalized spacial score (nSPS) is 10.5. The topological polar surface area (TPSA) is 52.6 Å². The smallest absolute Gasteiger partial charge is 0.305 e. The molecule has 0 spiro atoms. The number of rotatable bonds is 9. The molecule has 22 heavy (non-hydrogen) atoms. The number of carbonyl (C=O) groups excluding carboxylic acids is 2. The van der Waals surface area contributed by atoms with Crippen molar-refractivity contribution in [2.24, 2.45) is 5.41 Å². The first-order valence-corrected chi connectivity index (χ1v) is 8.43. The van der Waals surface area contributed by atoms with Crippen LogP contribution in [0.25, 0.3) is 0 Å². The predicted octanol–water partition coefficient (Wildman–Crippen LogP) is 4.90. The van der Waals surface area contributed by atoms with Gasteiger partial charge in [-0.2, -0.15) is 0 Å². The molecule has 132 valence electrons. The Morgan fingerprint density at radius 1 is 0.955 bits per heavy atom. The molecule has 0 saturated carbocycles. The van der Waals surface area contributed by atoms with E-state index in [9.17, 15) is 9.59 Å². The highest BCUT2D eigenvalue weighted by Crippen LogP contribution is 2.20. The van der Waals surface area contributed by atoms with Gasteiger partial charge in [-0.05, 0) is 18.3 Å². The van der Waals surface area contributed by atoms with Crippen molar-refractivity contribution in [2.45, 2.75) is 86.0 Å². The molecule has 0 heterocycles. The van der Waals surface area contributed by atoms with Gasteiger partial charge in [-0.25, -0.2) is 0 Å². The molecule has 0 aromatic heterocycles. The molecule has 0 aliphatic carbocycles. The zero-order chi connectivity index (χ0) is 17.4. The van der Waals surface area contributed by atoms with E-state index in [1.165, 1.54) is 46.1 Å². The quantitative estimate of drug-likeness (QED) is 0.448. The van der Waals surface area contributed by atoms with E-state index >= 15 is 0 Å². The van der Waals surface area contributed by atoms with Crippen LogP contribution in [0.2, 0.25) is 0 Å². The lowest BCUT2D eigenvalue weighted by Crippen LogP contribution is -2.09. The summed E-state index contributed by atoms with van der Waals surface area (Å²) in [4.78, 5) is 21.0. The molecular formula is C18H36O4. The van der Waals surface area contributed by atoms with Crippen LogP contribution in [-0.4, -0.2) is 25.7 Å². The molecule has 0 atom stereocenters. The molecular weight excluding hydrogens is 280 g/mol. The molecule has 0 unspecified atom stereocenters. The van der Waals surface area contributed by atoms with Crippen LogP contribution in [0.5, 0.6) is 0 Å². The summed E-state index contributed by atoms with van der Waals surface area (Å²) in [6, 6.07) is 0. The molecule has 0 aliphatic rings. The second-order valence-electron chi connectivity index (χ2n) is 6.74. The van der Waals surface area contributed by atoms with Gasteiger partial charge in [-0.1, -0.05) is 59.8 Å². The summed E-state index contributed by atoms with van der Waals surface area (Å²) in [6.07, 6.45) is 8.82. The third-order valence-corrected chi connectivity index (χ3v) is 3.11. The fourth-order valence-corrected chi connectivity index (χ4v) is 1.68. The van der Waals surface area contributed by atoms with E-state index in [1.807, 2.05) is 0 Å². The number of hydrogen-bond donors (Lipinski definition) is 0. The van der Waals surface area contributed by atoms with Gasteiger partial charge in [-0.15, -0.1) is 0 Å². The molecule has 0 aliphatic heterocycles. The van der Waals surface area contributed by atoms with E-state index in [2.05, 4.69) is 32.4 Å². The maximum absolute atomic E-state index is 10.6. The van der Waals surface area contributed by atoms with Crippen molar-refractivity contribution >= 4 is 11.9 Å². The first-order chi connectivity index (χ1) is 10.2. The minimum absolute atomic E-state index is 0.116. The molecule has 0 N–H and O–H groups in total. The van der Waals surface area contributed by atoms with Gasteiger partial charge < -0.3 is 9.47 Å². The number of hydrogen-bond acceptors (Lipinski definition) is 4. The molecule has 0 saturated heterocycles. The molecule has 0 bridgehead atoms. The van der Waals surface area contributed by atoms with Crippen molar-refractivity contribution in [1.82, 2.24) is 0 Å². The Morgan fingerprint density at radius 2 is 1.50 bits per heavy atom. The maximum atomic E-state index is 10.6. The van der Waals surface area contributed by atoms with Crippen molar-refractivity contribution < 1.29 is 19.1 Å². The fourth-order valence-electron chi connectivity index (χ4n) is 1.68. The lowest BCUT2D eigenvalue weighted by molar-refractivity contribution is -0.142. The summed E-state index contributed by atoms with van der Waals surface area (Å²) >= 11 is 0. The molecule has 0 fully saturated rings. The van der Waals surface area contributed by atoms with Crippen LogP contribution in [0.4, 0.5) is 0 Å². The van der Waals surface area contributed by atoms with Crippen LogP contribution in [0.1, 0.15) is 86.0 Å². The van der Waals surface area contributed by atoms with Crippen molar-refractivity contribution in [1.29, 1.82) is 0 Å². The number of methoxy groups -OCH3 is 1. The monoisotopic (exact) mass is 316 g/mol. The third kappa shape index (κ3) is 24.0. The highest BCUT2D eigenvalue weighted by molar-refractivity contribution is 5.69. The Hall–Kier alpha value is -1.06. The highest BCUT2D eigenvalue weighted by Gasteiger charge is 2.12. The number of unbranched alkanes of at least 4 members (excludes halogenated alkanes) is 5. The van der Waals surface area contributed by atoms with Gasteiger partial charge in [0.25, 0.3) is 0 Å². The molecule has 0 radical (unpaired) electrons. The number of ether oxygens (including phenoxy) is 2. The summed E-state index contributed by atoms with van der Waals surface area (Å²) in [7, 11) is 1.42. The van der Waals surface area contributed by atoms with E-state index in [0.29, 0.717) is 13.0 Å². The van der Waals surface area contributed by atoms with Gasteiger partial charge in [0.05, 0.1) is 13.7 Å². The van der Waals surface area contributed by atoms with Crippen LogP contribution in [0.15, 0.2) is 0 Å². The molecule has 0 rings (SSSR count). The van der Waals surface area contributed by atoms with Gasteiger partial charge in [-0.3, -0.25) is 9.59 Å². The number of esters is 2. The Labute approximate surface area is 136 Å². The van der Waals surface area contributed by atoms with E-state index in [1.54, 1.807) is 0 Å². The molecule has 0 amide bonds. The van der Waals surface area contributed by atoms with Crippen molar-refractivity contribution in [3.8, 4) is 0 Å². The SMILES string of the molecule is CCCCCCCCOC(C)=O.COC(=O)CCC(C)(C)C. The highest BCUT2D eigenvalue weighted by atomic mass is 16.5. The Balaban J connectivity index is 0. The van der Waals surface area contributed by atoms with E-state index in [-0.39, 0.29) is 17.4 Å². The third-order valence-electron chi connectivity index (χ3n) is 3.11. The summed E-state index contributed by atoms with van der Waals surface area (Å²) in [5.74, 6) is -0.279. The second kappa shape index (κ2) is 14.9. The van der Waals surface area contributed by atoms with Crippen LogP contribution >= 0.6 is 0 Å². The van der Waals surface area contributed by atoms with Gasteiger partial charge in [0.1, 0.15) is 0 Å².